The van der Waals surface area contributed by atoms with E-state index in [2.05, 4.69) is 34.2 Å². The van der Waals surface area contributed by atoms with Crippen molar-refractivity contribution >= 4 is 11.6 Å². The highest BCUT2D eigenvalue weighted by Gasteiger charge is 2.20. The number of hydrogen-bond donors (Lipinski definition) is 1. The fourth-order valence-corrected chi connectivity index (χ4v) is 3.41. The number of hydrogen-bond acceptors (Lipinski definition) is 5. The lowest BCUT2D eigenvalue weighted by atomic mass is 10.0. The third-order valence-corrected chi connectivity index (χ3v) is 4.50. The second-order valence-electron chi connectivity index (χ2n) is 6.73. The molecule has 5 nitrogen and oxygen atoms in total. The first-order valence-electron chi connectivity index (χ1n) is 8.67. The fourth-order valence-electron chi connectivity index (χ4n) is 3.22. The van der Waals surface area contributed by atoms with E-state index in [1.807, 2.05) is 24.3 Å². The number of benzene rings is 1. The zero-order valence-corrected chi connectivity index (χ0v) is 15.1. The van der Waals surface area contributed by atoms with Gasteiger partial charge in [-0.25, -0.2) is 0 Å². The predicted octanol–water partition coefficient (Wildman–Crippen LogP) is 3.39. The Kier molecular flexibility index (Phi) is 5.87. The highest BCUT2D eigenvalue weighted by atomic mass is 35.5. The highest BCUT2D eigenvalue weighted by Crippen LogP contribution is 2.20. The van der Waals surface area contributed by atoms with E-state index in [9.17, 15) is 0 Å². The van der Waals surface area contributed by atoms with Crippen LogP contribution in [0.25, 0.3) is 11.4 Å². The van der Waals surface area contributed by atoms with Gasteiger partial charge in [0.2, 0.25) is 11.7 Å². The molecule has 2 heterocycles. The molecule has 0 saturated carbocycles. The number of piperidine rings is 1. The Balaban J connectivity index is 1.54. The summed E-state index contributed by atoms with van der Waals surface area (Å²) in [4.78, 5) is 6.97. The molecule has 1 aliphatic heterocycles. The van der Waals surface area contributed by atoms with Gasteiger partial charge in [-0.15, -0.1) is 0 Å². The summed E-state index contributed by atoms with van der Waals surface area (Å²) in [6.07, 6.45) is 3.28. The Morgan fingerprint density at radius 1 is 1.42 bits per heavy atom. The van der Waals surface area contributed by atoms with E-state index in [0.29, 0.717) is 28.8 Å². The predicted molar refractivity (Wildman–Crippen MR) is 96.2 cm³/mol. The van der Waals surface area contributed by atoms with Crippen molar-refractivity contribution in [1.29, 1.82) is 0 Å². The lowest BCUT2D eigenvalue weighted by molar-refractivity contribution is 0.182. The van der Waals surface area contributed by atoms with Gasteiger partial charge in [-0.1, -0.05) is 42.7 Å². The molecular formula is C18H25ClN4O. The quantitative estimate of drug-likeness (QED) is 0.867. The van der Waals surface area contributed by atoms with Crippen molar-refractivity contribution in [2.24, 2.45) is 0 Å². The summed E-state index contributed by atoms with van der Waals surface area (Å²) < 4.78 is 5.39. The van der Waals surface area contributed by atoms with Crippen LogP contribution in [0.4, 0.5) is 0 Å². The van der Waals surface area contributed by atoms with Crippen LogP contribution in [0.1, 0.15) is 32.6 Å². The summed E-state index contributed by atoms with van der Waals surface area (Å²) in [5.41, 5.74) is 0.886. The molecule has 0 bridgehead atoms. The average molecular weight is 349 g/mol. The largest absolute Gasteiger partial charge is 0.339 e. The van der Waals surface area contributed by atoms with Crippen molar-refractivity contribution in [1.82, 2.24) is 20.4 Å². The van der Waals surface area contributed by atoms with Gasteiger partial charge in [0, 0.05) is 42.2 Å². The number of aromatic nitrogens is 2. The summed E-state index contributed by atoms with van der Waals surface area (Å²) in [5.74, 6) is 1.29. The van der Waals surface area contributed by atoms with E-state index < -0.39 is 0 Å². The minimum Gasteiger partial charge on any atom is -0.339 e. The maximum absolute atomic E-state index is 6.02. The Morgan fingerprint density at radius 2 is 2.29 bits per heavy atom. The van der Waals surface area contributed by atoms with Gasteiger partial charge in [0.1, 0.15) is 0 Å². The van der Waals surface area contributed by atoms with Crippen LogP contribution < -0.4 is 5.32 Å². The number of nitrogens with one attached hydrogen (secondary N) is 1. The van der Waals surface area contributed by atoms with Crippen LogP contribution in [0, 0.1) is 0 Å². The van der Waals surface area contributed by atoms with E-state index in [1.165, 1.54) is 12.8 Å². The van der Waals surface area contributed by atoms with Crippen LogP contribution in [-0.2, 0) is 6.42 Å². The molecule has 130 valence electrons. The normalized spacial score (nSPS) is 19.1. The molecule has 1 fully saturated rings. The molecule has 0 aliphatic carbocycles. The van der Waals surface area contributed by atoms with Gasteiger partial charge in [-0.2, -0.15) is 4.98 Å². The molecule has 1 atom stereocenters. The van der Waals surface area contributed by atoms with Crippen molar-refractivity contribution in [3.05, 3.63) is 35.2 Å². The van der Waals surface area contributed by atoms with Crippen LogP contribution in [0.3, 0.4) is 0 Å². The Morgan fingerprint density at radius 3 is 3.08 bits per heavy atom. The van der Waals surface area contributed by atoms with E-state index in [1.54, 1.807) is 0 Å². The smallest absolute Gasteiger partial charge is 0.228 e. The van der Waals surface area contributed by atoms with Crippen molar-refractivity contribution in [2.45, 2.75) is 45.2 Å². The summed E-state index contributed by atoms with van der Waals surface area (Å²) in [6.45, 7) is 7.59. The lowest BCUT2D eigenvalue weighted by Gasteiger charge is -2.34. The van der Waals surface area contributed by atoms with Crippen LogP contribution >= 0.6 is 11.6 Å². The summed E-state index contributed by atoms with van der Waals surface area (Å²) in [5, 5.41) is 8.38. The molecule has 1 aliphatic rings. The molecular weight excluding hydrogens is 324 g/mol. The van der Waals surface area contributed by atoms with Crippen molar-refractivity contribution < 1.29 is 4.52 Å². The van der Waals surface area contributed by atoms with Crippen molar-refractivity contribution in [2.75, 3.05) is 19.6 Å². The van der Waals surface area contributed by atoms with Gasteiger partial charge in [0.25, 0.3) is 0 Å². The molecule has 0 amide bonds. The molecule has 3 rings (SSSR count). The van der Waals surface area contributed by atoms with Gasteiger partial charge in [0.15, 0.2) is 0 Å². The minimum absolute atomic E-state index is 0.533. The van der Waals surface area contributed by atoms with Gasteiger partial charge in [0.05, 0.1) is 0 Å². The SMILES string of the molecule is CC(C)NC1CCCN(CCc2nc(-c3cccc(Cl)c3)no2)C1. The summed E-state index contributed by atoms with van der Waals surface area (Å²) in [6, 6.07) is 8.64. The van der Waals surface area contributed by atoms with Gasteiger partial charge in [-0.3, -0.25) is 0 Å². The second-order valence-corrected chi connectivity index (χ2v) is 7.17. The lowest BCUT2D eigenvalue weighted by Crippen LogP contribution is -2.48. The summed E-state index contributed by atoms with van der Waals surface area (Å²) >= 11 is 6.02. The van der Waals surface area contributed by atoms with E-state index in [4.69, 9.17) is 16.1 Å². The topological polar surface area (TPSA) is 54.2 Å². The van der Waals surface area contributed by atoms with Crippen LogP contribution in [-0.4, -0.2) is 46.8 Å². The van der Waals surface area contributed by atoms with Crippen molar-refractivity contribution in [3.63, 3.8) is 0 Å². The van der Waals surface area contributed by atoms with Gasteiger partial charge >= 0.3 is 0 Å². The van der Waals surface area contributed by atoms with E-state index in [-0.39, 0.29) is 0 Å². The van der Waals surface area contributed by atoms with Crippen LogP contribution in [0.15, 0.2) is 28.8 Å². The van der Waals surface area contributed by atoms with Crippen LogP contribution in [0.5, 0.6) is 0 Å². The minimum atomic E-state index is 0.533. The van der Waals surface area contributed by atoms with Crippen LogP contribution in [0.2, 0.25) is 5.02 Å². The number of likely N-dealkylation sites (tertiary alicyclic amines) is 1. The third-order valence-electron chi connectivity index (χ3n) is 4.27. The number of rotatable bonds is 6. The maximum Gasteiger partial charge on any atom is 0.228 e. The highest BCUT2D eigenvalue weighted by molar-refractivity contribution is 6.30. The standard InChI is InChI=1S/C18H25ClN4O/c1-13(2)20-16-7-4-9-23(12-16)10-8-17-21-18(22-24-17)14-5-3-6-15(19)11-14/h3,5-6,11,13,16,20H,4,7-10,12H2,1-2H3. The molecule has 1 aromatic carbocycles. The Bertz CT molecular complexity index is 658. The first-order valence-corrected chi connectivity index (χ1v) is 9.05. The molecule has 2 aromatic rings. The van der Waals surface area contributed by atoms with Crippen molar-refractivity contribution in [3.8, 4) is 11.4 Å². The van der Waals surface area contributed by atoms with Gasteiger partial charge < -0.3 is 14.7 Å². The third kappa shape index (κ3) is 4.79. The second kappa shape index (κ2) is 8.10. The molecule has 24 heavy (non-hydrogen) atoms. The number of halogens is 1. The molecule has 1 saturated heterocycles. The maximum atomic E-state index is 6.02. The fraction of sp³-hybridized carbons (Fsp3) is 0.556. The first kappa shape index (κ1) is 17.4. The van der Waals surface area contributed by atoms with E-state index >= 15 is 0 Å². The Labute approximate surface area is 148 Å². The first-order chi connectivity index (χ1) is 11.6. The molecule has 6 heteroatoms. The molecule has 0 spiro atoms. The molecule has 1 aromatic heterocycles. The molecule has 1 unspecified atom stereocenters. The van der Waals surface area contributed by atoms with E-state index in [0.717, 1.165) is 31.6 Å². The molecule has 0 radical (unpaired) electrons. The average Bonchev–Trinajstić information content (AvgIpc) is 3.02. The Hall–Kier alpha value is -1.43. The monoisotopic (exact) mass is 348 g/mol. The zero-order chi connectivity index (χ0) is 16.9. The zero-order valence-electron chi connectivity index (χ0n) is 14.3. The van der Waals surface area contributed by atoms with Gasteiger partial charge in [-0.05, 0) is 31.5 Å². The molecule has 1 N–H and O–H groups in total. The number of nitrogens with zero attached hydrogens (tertiary/aromatic N) is 3. The summed E-state index contributed by atoms with van der Waals surface area (Å²) in [7, 11) is 0.